The van der Waals surface area contributed by atoms with Gasteiger partial charge in [-0.3, -0.25) is 4.99 Å². The molecule has 0 aliphatic carbocycles. The molecule has 7 heteroatoms. The number of hydrogen-bond acceptors (Lipinski definition) is 4. The van der Waals surface area contributed by atoms with Gasteiger partial charge < -0.3 is 19.8 Å². The van der Waals surface area contributed by atoms with Crippen LogP contribution in [0.1, 0.15) is 19.1 Å². The summed E-state index contributed by atoms with van der Waals surface area (Å²) in [6, 6.07) is 3.90. The van der Waals surface area contributed by atoms with Crippen molar-refractivity contribution in [2.45, 2.75) is 19.8 Å². The van der Waals surface area contributed by atoms with Gasteiger partial charge in [-0.25, -0.2) is 0 Å². The number of aliphatic imine (C=N–C) groups is 1. The van der Waals surface area contributed by atoms with Crippen molar-refractivity contribution in [1.82, 2.24) is 10.6 Å². The number of hydrogen-bond donors (Lipinski definition) is 2. The maximum atomic E-state index is 5.34. The Morgan fingerprint density at radius 3 is 2.96 bits per heavy atom. The van der Waals surface area contributed by atoms with Crippen molar-refractivity contribution in [3.8, 4) is 0 Å². The van der Waals surface area contributed by atoms with Gasteiger partial charge >= 0.3 is 0 Å². The molecular weight excluding hydrogens is 437 g/mol. The normalized spacial score (nSPS) is 11.0. The fourth-order valence-corrected chi connectivity index (χ4v) is 2.42. The third kappa shape index (κ3) is 12.7. The van der Waals surface area contributed by atoms with Crippen LogP contribution in [0.4, 0.5) is 0 Å². The van der Waals surface area contributed by atoms with Crippen molar-refractivity contribution in [2.24, 2.45) is 4.99 Å². The van der Waals surface area contributed by atoms with Crippen molar-refractivity contribution in [2.75, 3.05) is 44.4 Å². The molecule has 1 aromatic rings. The zero-order chi connectivity index (χ0) is 16.6. The van der Waals surface area contributed by atoms with Crippen LogP contribution in [0.2, 0.25) is 0 Å². The van der Waals surface area contributed by atoms with E-state index in [-0.39, 0.29) is 24.0 Å². The monoisotopic (exact) mass is 467 g/mol. The Hall–Kier alpha value is -0.670. The lowest BCUT2D eigenvalue weighted by atomic mass is 10.3. The van der Waals surface area contributed by atoms with E-state index in [9.17, 15) is 0 Å². The number of thioether (sulfide) groups is 1. The van der Waals surface area contributed by atoms with Gasteiger partial charge in [-0.1, -0.05) is 6.08 Å². The molecule has 0 aliphatic heterocycles. The summed E-state index contributed by atoms with van der Waals surface area (Å²) in [6.07, 6.45) is 5.41. The summed E-state index contributed by atoms with van der Waals surface area (Å²) in [7, 11) is 0. The van der Waals surface area contributed by atoms with Gasteiger partial charge in [0, 0.05) is 50.8 Å². The maximum absolute atomic E-state index is 5.34. The molecule has 138 valence electrons. The minimum absolute atomic E-state index is 0. The lowest BCUT2D eigenvalue weighted by molar-refractivity contribution is 0.146. The molecule has 0 saturated carbocycles. The van der Waals surface area contributed by atoms with Gasteiger partial charge in [-0.05, 0) is 25.5 Å². The molecule has 0 atom stereocenters. The summed E-state index contributed by atoms with van der Waals surface area (Å²) < 4.78 is 10.7. The summed E-state index contributed by atoms with van der Waals surface area (Å²) in [5.41, 5.74) is 0. The van der Waals surface area contributed by atoms with Gasteiger partial charge in [-0.15, -0.1) is 30.6 Å². The third-order valence-corrected chi connectivity index (χ3v) is 3.90. The highest BCUT2D eigenvalue weighted by Gasteiger charge is 2.00. The molecule has 0 spiro atoms. The highest BCUT2D eigenvalue weighted by molar-refractivity contribution is 14.0. The molecule has 5 nitrogen and oxygen atoms in total. The molecule has 2 N–H and O–H groups in total. The first-order valence-corrected chi connectivity index (χ1v) is 9.33. The molecule has 24 heavy (non-hydrogen) atoms. The van der Waals surface area contributed by atoms with Gasteiger partial charge in [0.1, 0.15) is 5.76 Å². The van der Waals surface area contributed by atoms with Crippen LogP contribution < -0.4 is 10.6 Å². The molecule has 0 amide bonds. The van der Waals surface area contributed by atoms with E-state index >= 15 is 0 Å². The first-order chi connectivity index (χ1) is 11.4. The summed E-state index contributed by atoms with van der Waals surface area (Å²) in [5.74, 6) is 3.85. The maximum Gasteiger partial charge on any atom is 0.191 e. The summed E-state index contributed by atoms with van der Waals surface area (Å²) in [6.45, 7) is 9.69. The second-order valence-corrected chi connectivity index (χ2v) is 5.98. The SMILES string of the molecule is C=CCSCCNC(=NCCCOCC)NCCc1ccco1.I. The zero-order valence-corrected chi connectivity index (χ0v) is 17.6. The Kier molecular flexibility index (Phi) is 16.7. The molecule has 0 unspecified atom stereocenters. The first-order valence-electron chi connectivity index (χ1n) is 8.17. The van der Waals surface area contributed by atoms with Crippen molar-refractivity contribution in [3.05, 3.63) is 36.8 Å². The average molecular weight is 467 g/mol. The summed E-state index contributed by atoms with van der Waals surface area (Å²) in [5, 5.41) is 6.71. The molecule has 1 heterocycles. The molecule has 0 saturated heterocycles. The molecule has 0 aliphatic rings. The van der Waals surface area contributed by atoms with Gasteiger partial charge in [0.05, 0.1) is 6.26 Å². The molecule has 1 aromatic heterocycles. The topological polar surface area (TPSA) is 58.8 Å². The predicted octanol–water partition coefficient (Wildman–Crippen LogP) is 3.32. The average Bonchev–Trinajstić information content (AvgIpc) is 3.07. The quantitative estimate of drug-likeness (QED) is 0.153. The van der Waals surface area contributed by atoms with E-state index < -0.39 is 0 Å². The van der Waals surface area contributed by atoms with E-state index in [4.69, 9.17) is 9.15 Å². The number of furan rings is 1. The largest absolute Gasteiger partial charge is 0.469 e. The fraction of sp³-hybridized carbons (Fsp3) is 0.588. The van der Waals surface area contributed by atoms with E-state index in [0.717, 1.165) is 68.9 Å². The van der Waals surface area contributed by atoms with E-state index in [1.807, 2.05) is 36.9 Å². The predicted molar refractivity (Wildman–Crippen MR) is 115 cm³/mol. The van der Waals surface area contributed by atoms with E-state index in [0.29, 0.717) is 0 Å². The molecule has 0 radical (unpaired) electrons. The van der Waals surface area contributed by atoms with Crippen LogP contribution in [0.5, 0.6) is 0 Å². The number of ether oxygens (including phenoxy) is 1. The van der Waals surface area contributed by atoms with E-state index in [2.05, 4.69) is 22.2 Å². The van der Waals surface area contributed by atoms with Crippen molar-refractivity contribution >= 4 is 41.7 Å². The minimum atomic E-state index is 0. The van der Waals surface area contributed by atoms with Gasteiger partial charge in [0.2, 0.25) is 0 Å². The van der Waals surface area contributed by atoms with Crippen LogP contribution in [0, 0.1) is 0 Å². The highest BCUT2D eigenvalue weighted by Crippen LogP contribution is 1.99. The second-order valence-electron chi connectivity index (χ2n) is 4.83. The van der Waals surface area contributed by atoms with E-state index in [1.54, 1.807) is 6.26 Å². The summed E-state index contributed by atoms with van der Waals surface area (Å²) in [4.78, 5) is 4.59. The van der Waals surface area contributed by atoms with Crippen molar-refractivity contribution in [1.29, 1.82) is 0 Å². The van der Waals surface area contributed by atoms with Gasteiger partial charge in [-0.2, -0.15) is 11.8 Å². The number of nitrogens with one attached hydrogen (secondary N) is 2. The van der Waals surface area contributed by atoms with Crippen LogP contribution in [-0.2, 0) is 11.2 Å². The van der Waals surface area contributed by atoms with Crippen LogP contribution in [-0.4, -0.2) is 50.3 Å². The van der Waals surface area contributed by atoms with Crippen LogP contribution in [0.3, 0.4) is 0 Å². The number of nitrogens with zero attached hydrogens (tertiary/aromatic N) is 1. The number of halogens is 1. The van der Waals surface area contributed by atoms with Crippen LogP contribution in [0.25, 0.3) is 0 Å². The molecule has 0 aromatic carbocycles. The van der Waals surface area contributed by atoms with E-state index in [1.165, 1.54) is 0 Å². The Morgan fingerprint density at radius 1 is 1.42 bits per heavy atom. The fourth-order valence-electron chi connectivity index (χ4n) is 1.84. The Morgan fingerprint density at radius 2 is 2.25 bits per heavy atom. The highest BCUT2D eigenvalue weighted by atomic mass is 127. The van der Waals surface area contributed by atoms with Crippen molar-refractivity contribution in [3.63, 3.8) is 0 Å². The molecule has 1 rings (SSSR count). The minimum Gasteiger partial charge on any atom is -0.469 e. The Balaban J connectivity index is 0.00000529. The Bertz CT molecular complexity index is 427. The van der Waals surface area contributed by atoms with Crippen LogP contribution >= 0.6 is 35.7 Å². The van der Waals surface area contributed by atoms with Gasteiger partial charge in [0.25, 0.3) is 0 Å². The zero-order valence-electron chi connectivity index (χ0n) is 14.5. The third-order valence-electron chi connectivity index (χ3n) is 2.94. The molecule has 0 bridgehead atoms. The molecular formula is C17H30IN3O2S. The smallest absolute Gasteiger partial charge is 0.191 e. The number of rotatable bonds is 13. The Labute approximate surface area is 167 Å². The lowest BCUT2D eigenvalue weighted by Crippen LogP contribution is -2.39. The van der Waals surface area contributed by atoms with Crippen molar-refractivity contribution < 1.29 is 9.15 Å². The standard InChI is InChI=1S/C17H29N3O2S.HI/c1-3-14-23-15-11-20-17(18-9-6-12-21-4-2)19-10-8-16-7-5-13-22-16;/h3,5,7,13H,1,4,6,8-12,14-15H2,2H3,(H2,18,19,20);1H. The molecule has 0 fully saturated rings. The number of guanidine groups is 1. The second kappa shape index (κ2) is 17.2. The first kappa shape index (κ1) is 23.3. The van der Waals surface area contributed by atoms with Crippen LogP contribution in [0.15, 0.2) is 40.5 Å². The van der Waals surface area contributed by atoms with Gasteiger partial charge in [0.15, 0.2) is 5.96 Å². The summed E-state index contributed by atoms with van der Waals surface area (Å²) >= 11 is 1.85. The lowest BCUT2D eigenvalue weighted by Gasteiger charge is -2.12.